The van der Waals surface area contributed by atoms with E-state index in [4.69, 9.17) is 4.74 Å². The molecule has 0 aromatic rings. The predicted molar refractivity (Wildman–Crippen MR) is 152 cm³/mol. The zero-order valence-corrected chi connectivity index (χ0v) is 28.3. The minimum atomic E-state index is -0.973. The topological polar surface area (TPSA) is 80.7 Å². The first-order valence-corrected chi connectivity index (χ1v) is 18.0. The molecular weight excluding hydrogens is 615 g/mol. The number of carbonyl (C=O) groups is 3. The van der Waals surface area contributed by atoms with Crippen LogP contribution in [0.1, 0.15) is 126 Å². The Morgan fingerprint density at radius 3 is 2.23 bits per heavy atom. The van der Waals surface area contributed by atoms with Crippen molar-refractivity contribution in [3.05, 3.63) is 11.1 Å². The number of hydrogen-bond acceptors (Lipinski definition) is 4. The Morgan fingerprint density at radius 1 is 0.900 bits per heavy atom. The van der Waals surface area contributed by atoms with Crippen LogP contribution in [-0.4, -0.2) is 30.4 Å². The summed E-state index contributed by atoms with van der Waals surface area (Å²) in [5, 5.41) is 9.36. The van der Waals surface area contributed by atoms with E-state index in [9.17, 15) is 19.5 Å². The Labute approximate surface area is 252 Å². The van der Waals surface area contributed by atoms with Crippen LogP contribution in [0.25, 0.3) is 0 Å². The molecule has 226 valence electrons. The van der Waals surface area contributed by atoms with Gasteiger partial charge in [0.15, 0.2) is 0 Å². The number of carbonyl (C=O) groups excluding carboxylic acids is 2. The Bertz CT molecular complexity index is 1120. The van der Waals surface area contributed by atoms with Gasteiger partial charge >= 0.3 is 241 Å². The third kappa shape index (κ3) is 4.37. The van der Waals surface area contributed by atoms with Gasteiger partial charge in [-0.25, -0.2) is 0 Å². The number of rotatable bonds is 6. The summed E-state index contributed by atoms with van der Waals surface area (Å²) in [6.07, 6.45) is 11.0. The molecule has 5 aliphatic carbocycles. The summed E-state index contributed by atoms with van der Waals surface area (Å²) in [6.45, 7) is 18.7. The van der Waals surface area contributed by atoms with E-state index in [-0.39, 0.29) is 47.4 Å². The first-order chi connectivity index (χ1) is 18.5. The molecule has 8 atom stereocenters. The van der Waals surface area contributed by atoms with Crippen molar-refractivity contribution < 1.29 is 45.4 Å². The number of halogens is 1. The number of alkyl halides is 1. The molecule has 0 radical (unpaired) electrons. The van der Waals surface area contributed by atoms with Gasteiger partial charge in [-0.3, -0.25) is 4.79 Å². The molecule has 0 bridgehead atoms. The average molecular weight is 668 g/mol. The molecule has 1 N–H and O–H groups in total. The molecule has 0 aromatic heterocycles. The summed E-state index contributed by atoms with van der Waals surface area (Å²) in [7, 11) is 0. The second kappa shape index (κ2) is 10.1. The second-order valence-electron chi connectivity index (χ2n) is 15.7. The Morgan fingerprint density at radius 2 is 1.60 bits per heavy atom. The van der Waals surface area contributed by atoms with E-state index >= 15 is 0 Å². The first-order valence-electron chi connectivity index (χ1n) is 15.8. The SMILES string of the molecule is CC(=O)O[C@H]1CC[C@@]2(C)C(CC[C@]3(C)C2CC[C@@H]2C4=C(C(C)C)CCC4([I-]C(=O)CC(=O)O)CC[C@]23C)C1(C)C. The summed E-state index contributed by atoms with van der Waals surface area (Å²) in [5.74, 6) is 1.03. The van der Waals surface area contributed by atoms with Gasteiger partial charge in [0, 0.05) is 6.92 Å². The van der Waals surface area contributed by atoms with Gasteiger partial charge in [0.1, 0.15) is 0 Å². The molecule has 0 spiro atoms. The van der Waals surface area contributed by atoms with E-state index in [2.05, 4.69) is 48.5 Å². The van der Waals surface area contributed by atoms with Crippen molar-refractivity contribution in [2.45, 2.75) is 136 Å². The normalized spacial score (nSPS) is 43.9. The summed E-state index contributed by atoms with van der Waals surface area (Å²) >= 11 is -0.872. The monoisotopic (exact) mass is 667 g/mol. The summed E-state index contributed by atoms with van der Waals surface area (Å²) in [6, 6.07) is 0. The Kier molecular flexibility index (Phi) is 7.69. The number of fused-ring (bicyclic) bond motifs is 7. The first kappa shape index (κ1) is 30.5. The van der Waals surface area contributed by atoms with E-state index in [1.807, 2.05) is 0 Å². The standard InChI is InChI=1S/C34H52IO5/c1-20(2)22-11-16-34(35-27(37)19-28(38)39)18-17-32(7)23(29(22)34)9-10-25-31(6)14-13-26(40-21(3)36)30(4,5)24(31)12-15-33(25,32)8/h20,23-26H,9-19H2,1-8H3,(H,38,39)/q-1/t23-,24?,25?,26+,31+,32-,33-,34?/m1/s1. The van der Waals surface area contributed by atoms with Crippen LogP contribution in [-0.2, 0) is 19.1 Å². The van der Waals surface area contributed by atoms with Crippen molar-refractivity contribution in [3.8, 4) is 0 Å². The van der Waals surface area contributed by atoms with Gasteiger partial charge in [0.2, 0.25) is 0 Å². The molecule has 0 saturated heterocycles. The molecule has 5 rings (SSSR count). The molecular formula is C34H52IO5-. The fraction of sp³-hybridized carbons (Fsp3) is 0.853. The third-order valence-corrected chi connectivity index (χ3v) is 17.1. The number of aliphatic carboxylic acids is 1. The van der Waals surface area contributed by atoms with Gasteiger partial charge in [-0.1, -0.05) is 0 Å². The van der Waals surface area contributed by atoms with E-state index in [0.717, 1.165) is 38.5 Å². The number of carboxylic acid groups (broad SMARTS) is 1. The van der Waals surface area contributed by atoms with Crippen molar-refractivity contribution in [1.29, 1.82) is 0 Å². The molecule has 6 heteroatoms. The molecule has 4 saturated carbocycles. The van der Waals surface area contributed by atoms with Crippen LogP contribution in [0.15, 0.2) is 11.1 Å². The molecule has 5 aliphatic rings. The van der Waals surface area contributed by atoms with Crippen LogP contribution in [0.5, 0.6) is 0 Å². The van der Waals surface area contributed by atoms with E-state index in [0.29, 0.717) is 23.7 Å². The molecule has 4 fully saturated rings. The molecule has 40 heavy (non-hydrogen) atoms. The quantitative estimate of drug-likeness (QED) is 0.112. The zero-order chi connectivity index (χ0) is 29.5. The van der Waals surface area contributed by atoms with Crippen molar-refractivity contribution in [2.75, 3.05) is 0 Å². The molecule has 3 unspecified atom stereocenters. The number of esters is 1. The maximum atomic E-state index is 13.0. The predicted octanol–water partition coefficient (Wildman–Crippen LogP) is 4.56. The number of hydrogen-bond donors (Lipinski definition) is 1. The van der Waals surface area contributed by atoms with E-state index in [1.165, 1.54) is 25.7 Å². The summed E-state index contributed by atoms with van der Waals surface area (Å²) in [5.41, 5.74) is 3.83. The maximum absolute atomic E-state index is 13.0. The number of allylic oxidation sites excluding steroid dienone is 2. The van der Waals surface area contributed by atoms with E-state index < -0.39 is 27.2 Å². The molecule has 0 amide bonds. The van der Waals surface area contributed by atoms with Gasteiger partial charge in [-0.15, -0.1) is 0 Å². The summed E-state index contributed by atoms with van der Waals surface area (Å²) in [4.78, 5) is 36.4. The van der Waals surface area contributed by atoms with Crippen molar-refractivity contribution in [1.82, 2.24) is 0 Å². The van der Waals surface area contributed by atoms with E-state index in [1.54, 1.807) is 18.1 Å². The zero-order valence-electron chi connectivity index (χ0n) is 26.1. The molecule has 0 aliphatic heterocycles. The van der Waals surface area contributed by atoms with Crippen LogP contribution in [0.3, 0.4) is 0 Å². The van der Waals surface area contributed by atoms with Crippen LogP contribution >= 0.6 is 0 Å². The van der Waals surface area contributed by atoms with Gasteiger partial charge in [-0.05, 0) is 0 Å². The van der Waals surface area contributed by atoms with Crippen LogP contribution < -0.4 is 21.2 Å². The minimum absolute atomic E-state index is 0.000773. The van der Waals surface area contributed by atoms with Crippen molar-refractivity contribution in [2.24, 2.45) is 45.3 Å². The van der Waals surface area contributed by atoms with Crippen LogP contribution in [0.4, 0.5) is 0 Å². The number of ether oxygens (including phenoxy) is 1. The van der Waals surface area contributed by atoms with Gasteiger partial charge in [0.05, 0.1) is 0 Å². The molecule has 0 heterocycles. The third-order valence-electron chi connectivity index (χ3n) is 13.4. The van der Waals surface area contributed by atoms with Crippen LogP contribution in [0.2, 0.25) is 0 Å². The number of carboxylic acids is 1. The van der Waals surface area contributed by atoms with Crippen molar-refractivity contribution in [3.63, 3.8) is 0 Å². The fourth-order valence-corrected chi connectivity index (χ4v) is 15.2. The van der Waals surface area contributed by atoms with Gasteiger partial charge in [0.25, 0.3) is 0 Å². The average Bonchev–Trinajstić information content (AvgIpc) is 3.20. The Hall–Kier alpha value is -0.920. The molecule has 0 aromatic carbocycles. The second-order valence-corrected chi connectivity index (χ2v) is 19.5. The molecule has 5 nitrogen and oxygen atoms in total. The summed E-state index contributed by atoms with van der Waals surface area (Å²) < 4.78 is 5.90. The van der Waals surface area contributed by atoms with Gasteiger partial charge < -0.3 is 0 Å². The van der Waals surface area contributed by atoms with Crippen molar-refractivity contribution >= 4 is 15.7 Å². The Balaban J connectivity index is 1.51. The van der Waals surface area contributed by atoms with Gasteiger partial charge in [-0.2, -0.15) is 0 Å². The van der Waals surface area contributed by atoms with Crippen LogP contribution in [0, 0.1) is 45.3 Å². The fourth-order valence-electron chi connectivity index (χ4n) is 11.5.